The Morgan fingerprint density at radius 2 is 2.03 bits per heavy atom. The van der Waals surface area contributed by atoms with Crippen LogP contribution in [0.1, 0.15) is 54.6 Å². The average molecular weight is 434 g/mol. The van der Waals surface area contributed by atoms with Crippen LogP contribution in [0.5, 0.6) is 0 Å². The molecule has 1 N–H and O–H groups in total. The number of hydrogen-bond acceptors (Lipinski definition) is 6. The molecule has 3 aromatic heterocycles. The van der Waals surface area contributed by atoms with Crippen molar-refractivity contribution in [2.45, 2.75) is 45.3 Å². The molecular weight excluding hydrogens is 402 g/mol. The third kappa shape index (κ3) is 4.52. The summed E-state index contributed by atoms with van der Waals surface area (Å²) in [5.74, 6) is 1.65. The summed E-state index contributed by atoms with van der Waals surface area (Å²) in [6, 6.07) is 9.94. The van der Waals surface area contributed by atoms with Crippen LogP contribution >= 0.6 is 0 Å². The fourth-order valence-corrected chi connectivity index (χ4v) is 4.58. The summed E-state index contributed by atoms with van der Waals surface area (Å²) < 4.78 is 2.00. The van der Waals surface area contributed by atoms with Gasteiger partial charge in [-0.1, -0.05) is 6.07 Å². The molecule has 1 saturated heterocycles. The minimum Gasteiger partial charge on any atom is -0.346 e. The van der Waals surface area contributed by atoms with Gasteiger partial charge in [-0.25, -0.2) is 0 Å². The van der Waals surface area contributed by atoms with E-state index in [0.29, 0.717) is 18.2 Å². The maximum atomic E-state index is 12.8. The zero-order valence-electron chi connectivity index (χ0n) is 18.8. The molecule has 1 saturated carbocycles. The highest BCUT2D eigenvalue weighted by molar-refractivity contribution is 5.94. The number of nitrogens with zero attached hydrogens (tertiary/aromatic N) is 6. The molecule has 168 valence electrons. The number of amides is 1. The summed E-state index contributed by atoms with van der Waals surface area (Å²) in [7, 11) is 0. The zero-order chi connectivity index (χ0) is 22.1. The molecule has 0 spiro atoms. The third-order valence-corrected chi connectivity index (χ3v) is 6.53. The molecule has 0 radical (unpaired) electrons. The second-order valence-corrected chi connectivity index (χ2v) is 9.26. The van der Waals surface area contributed by atoms with Gasteiger partial charge in [0.25, 0.3) is 5.91 Å². The van der Waals surface area contributed by atoms with E-state index in [2.05, 4.69) is 44.1 Å². The largest absolute Gasteiger partial charge is 0.346 e. The van der Waals surface area contributed by atoms with E-state index in [4.69, 9.17) is 0 Å². The summed E-state index contributed by atoms with van der Waals surface area (Å²) in [5.41, 5.74) is 2.19. The molecule has 1 aliphatic heterocycles. The van der Waals surface area contributed by atoms with E-state index in [9.17, 15) is 4.79 Å². The van der Waals surface area contributed by atoms with E-state index < -0.39 is 0 Å². The molecule has 1 aliphatic carbocycles. The van der Waals surface area contributed by atoms with Crippen LogP contribution in [-0.4, -0.2) is 67.5 Å². The monoisotopic (exact) mass is 433 g/mol. The molecule has 0 bridgehead atoms. The van der Waals surface area contributed by atoms with Gasteiger partial charge >= 0.3 is 0 Å². The van der Waals surface area contributed by atoms with Crippen LogP contribution in [0.15, 0.2) is 42.7 Å². The molecule has 8 nitrogen and oxygen atoms in total. The summed E-state index contributed by atoms with van der Waals surface area (Å²) in [6.45, 7) is 9.13. The van der Waals surface area contributed by atoms with Gasteiger partial charge in [-0.15, -0.1) is 10.2 Å². The van der Waals surface area contributed by atoms with Gasteiger partial charge in [0.2, 0.25) is 0 Å². The summed E-state index contributed by atoms with van der Waals surface area (Å²) in [4.78, 5) is 22.2. The first kappa shape index (κ1) is 21.0. The minimum absolute atomic E-state index is 0.128. The Balaban J connectivity index is 1.38. The molecule has 4 heterocycles. The Labute approximate surface area is 188 Å². The normalized spacial score (nSPS) is 20.2. The van der Waals surface area contributed by atoms with Gasteiger partial charge in [0.15, 0.2) is 11.5 Å². The fourth-order valence-electron chi connectivity index (χ4n) is 4.58. The molecule has 1 unspecified atom stereocenters. The number of rotatable bonds is 7. The third-order valence-electron chi connectivity index (χ3n) is 6.53. The zero-order valence-corrected chi connectivity index (χ0v) is 18.8. The molecule has 2 aliphatic rings. The molecule has 3 aromatic rings. The van der Waals surface area contributed by atoms with Crippen molar-refractivity contribution in [3.8, 4) is 0 Å². The summed E-state index contributed by atoms with van der Waals surface area (Å²) in [6.07, 6.45) is 6.32. The van der Waals surface area contributed by atoms with Gasteiger partial charge in [0, 0.05) is 44.6 Å². The Bertz CT molecular complexity index is 1080. The van der Waals surface area contributed by atoms with E-state index in [1.54, 1.807) is 6.20 Å². The molecular formula is C24H31N7O. The van der Waals surface area contributed by atoms with Crippen molar-refractivity contribution in [2.24, 2.45) is 5.92 Å². The van der Waals surface area contributed by atoms with E-state index in [1.807, 2.05) is 40.9 Å². The van der Waals surface area contributed by atoms with Gasteiger partial charge in [-0.3, -0.25) is 24.0 Å². The Kier molecular flexibility index (Phi) is 5.89. The second-order valence-electron chi connectivity index (χ2n) is 9.26. The molecule has 8 heteroatoms. The number of pyridine rings is 2. The maximum Gasteiger partial charge on any atom is 0.253 e. The first-order chi connectivity index (χ1) is 15.6. The van der Waals surface area contributed by atoms with Crippen LogP contribution in [0.3, 0.4) is 0 Å². The summed E-state index contributed by atoms with van der Waals surface area (Å²) >= 11 is 0. The van der Waals surface area contributed by atoms with Crippen LogP contribution in [0.25, 0.3) is 5.65 Å². The van der Waals surface area contributed by atoms with Crippen molar-refractivity contribution >= 4 is 11.6 Å². The van der Waals surface area contributed by atoms with Crippen LogP contribution in [0.2, 0.25) is 0 Å². The number of nitrogens with one attached hydrogen (secondary N) is 1. The predicted octanol–water partition coefficient (Wildman–Crippen LogP) is 2.53. The van der Waals surface area contributed by atoms with E-state index in [-0.39, 0.29) is 11.9 Å². The van der Waals surface area contributed by atoms with E-state index in [1.165, 1.54) is 19.4 Å². The molecule has 5 rings (SSSR count). The van der Waals surface area contributed by atoms with Crippen molar-refractivity contribution in [3.05, 3.63) is 59.8 Å². The van der Waals surface area contributed by atoms with Crippen molar-refractivity contribution in [1.82, 2.24) is 34.7 Å². The standard InChI is InChI=1S/C24H31N7O/c1-17(2)30-12-11-29(14-18-6-7-18)16-21(30)23-28-27-22-9-8-19(15-31(22)23)24(32)26-13-20-5-3-4-10-25-20/h3-5,8-10,15,17-18,21H,6-7,11-14,16H2,1-2H3,(H,26,32). The summed E-state index contributed by atoms with van der Waals surface area (Å²) in [5, 5.41) is 11.9. The smallest absolute Gasteiger partial charge is 0.253 e. The van der Waals surface area contributed by atoms with Crippen LogP contribution in [-0.2, 0) is 6.54 Å². The second kappa shape index (κ2) is 8.96. The van der Waals surface area contributed by atoms with Crippen molar-refractivity contribution in [1.29, 1.82) is 0 Å². The van der Waals surface area contributed by atoms with E-state index >= 15 is 0 Å². The van der Waals surface area contributed by atoms with Gasteiger partial charge in [0.05, 0.1) is 23.8 Å². The van der Waals surface area contributed by atoms with Crippen molar-refractivity contribution < 1.29 is 4.79 Å². The highest BCUT2D eigenvalue weighted by atomic mass is 16.1. The number of hydrogen-bond donors (Lipinski definition) is 1. The lowest BCUT2D eigenvalue weighted by Crippen LogP contribution is -2.51. The van der Waals surface area contributed by atoms with Crippen LogP contribution in [0, 0.1) is 5.92 Å². The first-order valence-corrected chi connectivity index (χ1v) is 11.6. The average Bonchev–Trinajstić information content (AvgIpc) is 3.52. The van der Waals surface area contributed by atoms with Crippen LogP contribution < -0.4 is 5.32 Å². The highest BCUT2D eigenvalue weighted by Crippen LogP contribution is 2.33. The minimum atomic E-state index is -0.128. The number of piperazine rings is 1. The predicted molar refractivity (Wildman–Crippen MR) is 122 cm³/mol. The highest BCUT2D eigenvalue weighted by Gasteiger charge is 2.35. The molecule has 1 atom stereocenters. The van der Waals surface area contributed by atoms with Crippen molar-refractivity contribution in [3.63, 3.8) is 0 Å². The lowest BCUT2D eigenvalue weighted by atomic mass is 10.1. The number of aromatic nitrogens is 4. The molecule has 32 heavy (non-hydrogen) atoms. The van der Waals surface area contributed by atoms with Crippen LogP contribution in [0.4, 0.5) is 0 Å². The fraction of sp³-hybridized carbons (Fsp3) is 0.500. The molecule has 2 fully saturated rings. The molecule has 1 amide bonds. The Hall–Kier alpha value is -2.84. The number of carbonyl (C=O) groups is 1. The Morgan fingerprint density at radius 3 is 2.78 bits per heavy atom. The maximum absolute atomic E-state index is 12.8. The van der Waals surface area contributed by atoms with Crippen molar-refractivity contribution in [2.75, 3.05) is 26.2 Å². The Morgan fingerprint density at radius 1 is 1.16 bits per heavy atom. The van der Waals surface area contributed by atoms with Gasteiger partial charge in [-0.2, -0.15) is 0 Å². The lowest BCUT2D eigenvalue weighted by molar-refractivity contribution is 0.0437. The SMILES string of the molecule is CC(C)N1CCN(CC2CC2)CC1c1nnc2ccc(C(=O)NCc3ccccn3)cn12. The van der Waals surface area contributed by atoms with Gasteiger partial charge in [0.1, 0.15) is 0 Å². The van der Waals surface area contributed by atoms with Gasteiger partial charge < -0.3 is 5.32 Å². The first-order valence-electron chi connectivity index (χ1n) is 11.6. The number of fused-ring (bicyclic) bond motifs is 1. The van der Waals surface area contributed by atoms with E-state index in [0.717, 1.165) is 42.7 Å². The van der Waals surface area contributed by atoms with Gasteiger partial charge in [-0.05, 0) is 56.9 Å². The number of carbonyl (C=O) groups excluding carboxylic acids is 1. The molecule has 0 aromatic carbocycles. The lowest BCUT2D eigenvalue weighted by Gasteiger charge is -2.42. The quantitative estimate of drug-likeness (QED) is 0.617. The topological polar surface area (TPSA) is 78.7 Å².